The van der Waals surface area contributed by atoms with Crippen LogP contribution in [0.5, 0.6) is 0 Å². The lowest BCUT2D eigenvalue weighted by atomic mass is 9.89. The number of nitrogens with zero attached hydrogens (tertiary/aromatic N) is 1. The van der Waals surface area contributed by atoms with Crippen LogP contribution in [-0.2, 0) is 4.79 Å². The lowest BCUT2D eigenvalue weighted by Gasteiger charge is -2.30. The third-order valence-corrected chi connectivity index (χ3v) is 2.79. The summed E-state index contributed by atoms with van der Waals surface area (Å²) >= 11 is 0. The molecule has 1 aliphatic heterocycles. The fourth-order valence-corrected chi connectivity index (χ4v) is 1.95. The van der Waals surface area contributed by atoms with Crippen molar-refractivity contribution in [2.75, 3.05) is 27.2 Å². The standard InChI is InChI=1S/C10H20N2O2/c1-12(2)7-5-9-8(10(13)14)4-3-6-11-9/h8-9,11H,3-7H2,1-2H3,(H,13,14)/t8-,9+/m1/s1. The lowest BCUT2D eigenvalue weighted by Crippen LogP contribution is -2.46. The molecule has 0 aromatic carbocycles. The first kappa shape index (κ1) is 11.5. The molecule has 1 rings (SSSR count). The second kappa shape index (κ2) is 5.32. The van der Waals surface area contributed by atoms with Crippen molar-refractivity contribution in [3.8, 4) is 0 Å². The van der Waals surface area contributed by atoms with E-state index in [0.29, 0.717) is 0 Å². The van der Waals surface area contributed by atoms with Gasteiger partial charge in [-0.25, -0.2) is 0 Å². The summed E-state index contributed by atoms with van der Waals surface area (Å²) in [7, 11) is 4.03. The molecule has 0 aliphatic carbocycles. The van der Waals surface area contributed by atoms with E-state index in [9.17, 15) is 4.79 Å². The van der Waals surface area contributed by atoms with E-state index in [2.05, 4.69) is 10.2 Å². The molecular formula is C10H20N2O2. The Morgan fingerprint density at radius 3 is 2.86 bits per heavy atom. The number of carboxylic acids is 1. The second-order valence-electron chi connectivity index (χ2n) is 4.24. The van der Waals surface area contributed by atoms with Crippen LogP contribution in [0, 0.1) is 5.92 Å². The number of hydrogen-bond donors (Lipinski definition) is 2. The van der Waals surface area contributed by atoms with E-state index in [0.717, 1.165) is 32.4 Å². The highest BCUT2D eigenvalue weighted by Crippen LogP contribution is 2.19. The van der Waals surface area contributed by atoms with E-state index in [4.69, 9.17) is 5.11 Å². The van der Waals surface area contributed by atoms with Gasteiger partial charge in [-0.05, 0) is 46.4 Å². The summed E-state index contributed by atoms with van der Waals surface area (Å²) < 4.78 is 0. The molecule has 0 amide bonds. The molecule has 0 saturated carbocycles. The Balaban J connectivity index is 2.42. The number of aliphatic carboxylic acids is 1. The van der Waals surface area contributed by atoms with Gasteiger partial charge in [0.05, 0.1) is 5.92 Å². The predicted molar refractivity (Wildman–Crippen MR) is 55.3 cm³/mol. The minimum Gasteiger partial charge on any atom is -0.481 e. The summed E-state index contributed by atoms with van der Waals surface area (Å²) in [6.45, 7) is 1.91. The zero-order valence-corrected chi connectivity index (χ0v) is 8.99. The van der Waals surface area contributed by atoms with Crippen molar-refractivity contribution in [3.63, 3.8) is 0 Å². The average molecular weight is 200 g/mol. The third-order valence-electron chi connectivity index (χ3n) is 2.79. The molecule has 2 N–H and O–H groups in total. The number of carbonyl (C=O) groups is 1. The van der Waals surface area contributed by atoms with Gasteiger partial charge in [-0.15, -0.1) is 0 Å². The Morgan fingerprint density at radius 1 is 1.57 bits per heavy atom. The van der Waals surface area contributed by atoms with E-state index in [1.807, 2.05) is 14.1 Å². The summed E-state index contributed by atoms with van der Waals surface area (Å²) in [4.78, 5) is 13.0. The minimum absolute atomic E-state index is 0.156. The molecule has 2 atom stereocenters. The molecule has 0 radical (unpaired) electrons. The van der Waals surface area contributed by atoms with Crippen LogP contribution < -0.4 is 5.32 Å². The van der Waals surface area contributed by atoms with E-state index in [-0.39, 0.29) is 12.0 Å². The predicted octanol–water partition coefficient (Wildman–Crippen LogP) is 0.391. The van der Waals surface area contributed by atoms with Gasteiger partial charge in [0.25, 0.3) is 0 Å². The molecule has 82 valence electrons. The van der Waals surface area contributed by atoms with Crippen molar-refractivity contribution in [1.29, 1.82) is 0 Å². The second-order valence-corrected chi connectivity index (χ2v) is 4.24. The number of nitrogens with one attached hydrogen (secondary N) is 1. The molecule has 0 aromatic rings. The normalized spacial score (nSPS) is 27.9. The summed E-state index contributed by atoms with van der Waals surface area (Å²) in [5.74, 6) is -0.843. The molecule has 0 bridgehead atoms. The number of hydrogen-bond acceptors (Lipinski definition) is 3. The summed E-state index contributed by atoms with van der Waals surface area (Å²) in [6, 6.07) is 0.156. The first-order chi connectivity index (χ1) is 6.61. The highest BCUT2D eigenvalue weighted by molar-refractivity contribution is 5.71. The van der Waals surface area contributed by atoms with Gasteiger partial charge in [-0.3, -0.25) is 4.79 Å². The number of piperidine rings is 1. The van der Waals surface area contributed by atoms with E-state index < -0.39 is 5.97 Å². The van der Waals surface area contributed by atoms with Gasteiger partial charge < -0.3 is 15.3 Å². The Kier molecular flexibility index (Phi) is 4.35. The molecule has 0 aromatic heterocycles. The topological polar surface area (TPSA) is 52.6 Å². The smallest absolute Gasteiger partial charge is 0.308 e. The highest BCUT2D eigenvalue weighted by Gasteiger charge is 2.29. The van der Waals surface area contributed by atoms with Gasteiger partial charge in [0, 0.05) is 6.04 Å². The van der Waals surface area contributed by atoms with Gasteiger partial charge in [0.2, 0.25) is 0 Å². The van der Waals surface area contributed by atoms with Crippen LogP contribution in [0.1, 0.15) is 19.3 Å². The Bertz CT molecular complexity index is 195. The maximum absolute atomic E-state index is 11.0. The van der Waals surface area contributed by atoms with E-state index >= 15 is 0 Å². The zero-order chi connectivity index (χ0) is 10.6. The number of rotatable bonds is 4. The molecule has 4 heteroatoms. The monoisotopic (exact) mass is 200 g/mol. The summed E-state index contributed by atoms with van der Waals surface area (Å²) in [6.07, 6.45) is 2.72. The fraction of sp³-hybridized carbons (Fsp3) is 0.900. The summed E-state index contributed by atoms with van der Waals surface area (Å²) in [5, 5.41) is 12.3. The Morgan fingerprint density at radius 2 is 2.29 bits per heavy atom. The van der Waals surface area contributed by atoms with Gasteiger partial charge in [0.15, 0.2) is 0 Å². The van der Waals surface area contributed by atoms with Crippen LogP contribution in [0.25, 0.3) is 0 Å². The Hall–Kier alpha value is -0.610. The highest BCUT2D eigenvalue weighted by atomic mass is 16.4. The number of carboxylic acid groups (broad SMARTS) is 1. The van der Waals surface area contributed by atoms with Crippen molar-refractivity contribution in [2.45, 2.75) is 25.3 Å². The first-order valence-electron chi connectivity index (χ1n) is 5.22. The average Bonchev–Trinajstić information content (AvgIpc) is 2.15. The van der Waals surface area contributed by atoms with E-state index in [1.165, 1.54) is 0 Å². The van der Waals surface area contributed by atoms with Crippen LogP contribution >= 0.6 is 0 Å². The maximum Gasteiger partial charge on any atom is 0.308 e. The van der Waals surface area contributed by atoms with Gasteiger partial charge in [-0.2, -0.15) is 0 Å². The molecule has 4 nitrogen and oxygen atoms in total. The van der Waals surface area contributed by atoms with Gasteiger partial charge >= 0.3 is 5.97 Å². The van der Waals surface area contributed by atoms with Crippen molar-refractivity contribution in [3.05, 3.63) is 0 Å². The lowest BCUT2D eigenvalue weighted by molar-refractivity contribution is -0.143. The van der Waals surface area contributed by atoms with Crippen molar-refractivity contribution >= 4 is 5.97 Å². The van der Waals surface area contributed by atoms with Crippen LogP contribution in [0.4, 0.5) is 0 Å². The zero-order valence-electron chi connectivity index (χ0n) is 8.99. The molecule has 0 spiro atoms. The fourth-order valence-electron chi connectivity index (χ4n) is 1.95. The van der Waals surface area contributed by atoms with Crippen LogP contribution in [0.15, 0.2) is 0 Å². The molecular weight excluding hydrogens is 180 g/mol. The molecule has 14 heavy (non-hydrogen) atoms. The molecule has 1 fully saturated rings. The molecule has 1 saturated heterocycles. The molecule has 1 aliphatic rings. The van der Waals surface area contributed by atoms with Crippen LogP contribution in [-0.4, -0.2) is 49.2 Å². The van der Waals surface area contributed by atoms with Gasteiger partial charge in [-0.1, -0.05) is 0 Å². The largest absolute Gasteiger partial charge is 0.481 e. The van der Waals surface area contributed by atoms with Crippen molar-refractivity contribution < 1.29 is 9.90 Å². The van der Waals surface area contributed by atoms with Gasteiger partial charge in [0.1, 0.15) is 0 Å². The molecule has 0 unspecified atom stereocenters. The minimum atomic E-state index is -0.652. The summed E-state index contributed by atoms with van der Waals surface area (Å²) in [5.41, 5.74) is 0. The van der Waals surface area contributed by atoms with E-state index in [1.54, 1.807) is 0 Å². The van der Waals surface area contributed by atoms with Crippen LogP contribution in [0.3, 0.4) is 0 Å². The van der Waals surface area contributed by atoms with Crippen LogP contribution in [0.2, 0.25) is 0 Å². The quantitative estimate of drug-likeness (QED) is 0.689. The first-order valence-corrected chi connectivity index (χ1v) is 5.22. The maximum atomic E-state index is 11.0. The van der Waals surface area contributed by atoms with Crippen molar-refractivity contribution in [2.24, 2.45) is 5.92 Å². The third kappa shape index (κ3) is 3.27. The molecule has 1 heterocycles. The van der Waals surface area contributed by atoms with Crippen molar-refractivity contribution in [1.82, 2.24) is 10.2 Å². The SMILES string of the molecule is CN(C)CC[C@@H]1NCCC[C@H]1C(=O)O. The Labute approximate surface area is 85.3 Å².